The number of nitrogens with zero attached hydrogens (tertiary/aromatic N) is 1. The lowest BCUT2D eigenvalue weighted by Crippen LogP contribution is -2.47. The lowest BCUT2D eigenvalue weighted by atomic mass is 9.86. The minimum atomic E-state index is 0.294. The van der Waals surface area contributed by atoms with Crippen molar-refractivity contribution < 1.29 is 0 Å². The summed E-state index contributed by atoms with van der Waals surface area (Å²) in [6.07, 6.45) is 1.21. The Morgan fingerprint density at radius 1 is 1.25 bits per heavy atom. The van der Waals surface area contributed by atoms with Gasteiger partial charge in [0.15, 0.2) is 0 Å². The van der Waals surface area contributed by atoms with E-state index in [1.807, 2.05) is 12.1 Å². The van der Waals surface area contributed by atoms with Gasteiger partial charge in [0.25, 0.3) is 0 Å². The van der Waals surface area contributed by atoms with Gasteiger partial charge in [0.2, 0.25) is 0 Å². The highest BCUT2D eigenvalue weighted by Gasteiger charge is 2.30. The molecule has 0 aliphatic carbocycles. The third-order valence-electron chi connectivity index (χ3n) is 4.34. The van der Waals surface area contributed by atoms with Crippen molar-refractivity contribution in [2.24, 2.45) is 5.41 Å². The second-order valence-corrected chi connectivity index (χ2v) is 7.50. The summed E-state index contributed by atoms with van der Waals surface area (Å²) in [5.41, 5.74) is 1.64. The van der Waals surface area contributed by atoms with Crippen LogP contribution in [0.4, 0.5) is 0 Å². The average Bonchev–Trinajstić information content (AvgIpc) is 2.55. The first-order valence-corrected chi connectivity index (χ1v) is 7.96. The average molecular weight is 295 g/mol. The first-order chi connectivity index (χ1) is 9.36. The van der Waals surface area contributed by atoms with Gasteiger partial charge in [0, 0.05) is 30.2 Å². The second kappa shape index (κ2) is 6.46. The molecule has 1 aromatic rings. The van der Waals surface area contributed by atoms with Crippen molar-refractivity contribution in [1.29, 1.82) is 0 Å². The molecule has 1 N–H and O–H groups in total. The van der Waals surface area contributed by atoms with Crippen LogP contribution in [0.3, 0.4) is 0 Å². The maximum atomic E-state index is 5.97. The Hall–Kier alpha value is -0.570. The molecule has 1 aromatic carbocycles. The molecule has 1 fully saturated rings. The van der Waals surface area contributed by atoms with Crippen LogP contribution in [-0.2, 0) is 6.54 Å². The van der Waals surface area contributed by atoms with Gasteiger partial charge in [0.05, 0.1) is 0 Å². The van der Waals surface area contributed by atoms with Crippen LogP contribution in [-0.4, -0.2) is 30.1 Å². The Kier molecular flexibility index (Phi) is 5.11. The van der Waals surface area contributed by atoms with Crippen LogP contribution in [0.2, 0.25) is 5.02 Å². The molecule has 2 atom stereocenters. The summed E-state index contributed by atoms with van der Waals surface area (Å²) < 4.78 is 0. The van der Waals surface area contributed by atoms with E-state index in [0.29, 0.717) is 17.5 Å². The van der Waals surface area contributed by atoms with Crippen molar-refractivity contribution >= 4 is 11.6 Å². The molecule has 1 heterocycles. The van der Waals surface area contributed by atoms with E-state index in [4.69, 9.17) is 11.6 Å². The van der Waals surface area contributed by atoms with E-state index in [2.05, 4.69) is 50.0 Å². The molecule has 0 radical (unpaired) electrons. The summed E-state index contributed by atoms with van der Waals surface area (Å²) in [5.74, 6) is 0. The van der Waals surface area contributed by atoms with Gasteiger partial charge in [0.1, 0.15) is 0 Å². The van der Waals surface area contributed by atoms with E-state index >= 15 is 0 Å². The first kappa shape index (κ1) is 15.8. The molecule has 20 heavy (non-hydrogen) atoms. The standard InChI is InChI=1S/C17H27ClN2/c1-13-9-10-19-16(17(2,3)4)12-20(13)11-14-5-7-15(18)8-6-14/h5-8,13,16,19H,9-12H2,1-4H3. The van der Waals surface area contributed by atoms with Gasteiger partial charge in [-0.25, -0.2) is 0 Å². The summed E-state index contributed by atoms with van der Waals surface area (Å²) in [5, 5.41) is 4.53. The zero-order valence-electron chi connectivity index (χ0n) is 13.1. The Balaban J connectivity index is 2.08. The normalized spacial score (nSPS) is 25.4. The molecule has 1 aliphatic rings. The fourth-order valence-electron chi connectivity index (χ4n) is 2.75. The minimum Gasteiger partial charge on any atom is -0.312 e. The highest BCUT2D eigenvalue weighted by Crippen LogP contribution is 2.24. The van der Waals surface area contributed by atoms with E-state index in [1.165, 1.54) is 12.0 Å². The number of hydrogen-bond acceptors (Lipinski definition) is 2. The van der Waals surface area contributed by atoms with Gasteiger partial charge in [-0.05, 0) is 43.0 Å². The molecule has 0 bridgehead atoms. The molecular formula is C17H27ClN2. The predicted octanol–water partition coefficient (Wildman–Crippen LogP) is 3.94. The lowest BCUT2D eigenvalue weighted by molar-refractivity contribution is 0.157. The topological polar surface area (TPSA) is 15.3 Å². The van der Waals surface area contributed by atoms with Crippen molar-refractivity contribution in [3.05, 3.63) is 34.9 Å². The van der Waals surface area contributed by atoms with Crippen molar-refractivity contribution in [2.75, 3.05) is 13.1 Å². The van der Waals surface area contributed by atoms with E-state index in [-0.39, 0.29) is 0 Å². The van der Waals surface area contributed by atoms with E-state index in [0.717, 1.165) is 24.7 Å². The van der Waals surface area contributed by atoms with E-state index in [1.54, 1.807) is 0 Å². The van der Waals surface area contributed by atoms with Crippen LogP contribution < -0.4 is 5.32 Å². The molecule has 112 valence electrons. The number of halogens is 1. The number of hydrogen-bond donors (Lipinski definition) is 1. The molecule has 0 aromatic heterocycles. The highest BCUT2D eigenvalue weighted by atomic mass is 35.5. The summed E-state index contributed by atoms with van der Waals surface area (Å²) in [7, 11) is 0. The minimum absolute atomic E-state index is 0.294. The Morgan fingerprint density at radius 2 is 1.90 bits per heavy atom. The van der Waals surface area contributed by atoms with Crippen LogP contribution in [0.25, 0.3) is 0 Å². The second-order valence-electron chi connectivity index (χ2n) is 7.07. The fraction of sp³-hybridized carbons (Fsp3) is 0.647. The van der Waals surface area contributed by atoms with Gasteiger partial charge in [-0.3, -0.25) is 4.90 Å². The van der Waals surface area contributed by atoms with E-state index < -0.39 is 0 Å². The monoisotopic (exact) mass is 294 g/mol. The van der Waals surface area contributed by atoms with Crippen LogP contribution >= 0.6 is 11.6 Å². The van der Waals surface area contributed by atoms with Gasteiger partial charge < -0.3 is 5.32 Å². The number of rotatable bonds is 2. The van der Waals surface area contributed by atoms with Crippen LogP contribution in [0, 0.1) is 5.41 Å². The highest BCUT2D eigenvalue weighted by molar-refractivity contribution is 6.30. The molecule has 2 rings (SSSR count). The van der Waals surface area contributed by atoms with Gasteiger partial charge in [-0.2, -0.15) is 0 Å². The van der Waals surface area contributed by atoms with E-state index in [9.17, 15) is 0 Å². The fourth-order valence-corrected chi connectivity index (χ4v) is 2.88. The predicted molar refractivity (Wildman–Crippen MR) is 87.2 cm³/mol. The summed E-state index contributed by atoms with van der Waals surface area (Å²) in [6.45, 7) is 12.5. The maximum absolute atomic E-state index is 5.97. The molecule has 0 spiro atoms. The molecule has 1 saturated heterocycles. The first-order valence-electron chi connectivity index (χ1n) is 7.58. The summed E-state index contributed by atoms with van der Waals surface area (Å²) in [4.78, 5) is 2.60. The molecule has 0 saturated carbocycles. The number of benzene rings is 1. The quantitative estimate of drug-likeness (QED) is 0.889. The zero-order chi connectivity index (χ0) is 14.8. The summed E-state index contributed by atoms with van der Waals surface area (Å²) >= 11 is 5.97. The van der Waals surface area contributed by atoms with Crippen molar-refractivity contribution in [3.8, 4) is 0 Å². The third-order valence-corrected chi connectivity index (χ3v) is 4.59. The Labute approximate surface area is 128 Å². The Bertz CT molecular complexity index is 422. The maximum Gasteiger partial charge on any atom is 0.0406 e. The van der Waals surface area contributed by atoms with Crippen LogP contribution in [0.15, 0.2) is 24.3 Å². The van der Waals surface area contributed by atoms with Crippen molar-refractivity contribution in [2.45, 2.75) is 52.7 Å². The SMILES string of the molecule is CC1CCNC(C(C)(C)C)CN1Cc1ccc(Cl)cc1. The molecule has 3 heteroatoms. The third kappa shape index (κ3) is 4.21. The zero-order valence-corrected chi connectivity index (χ0v) is 13.9. The number of nitrogens with one attached hydrogen (secondary N) is 1. The van der Waals surface area contributed by atoms with Crippen molar-refractivity contribution in [3.63, 3.8) is 0 Å². The molecular weight excluding hydrogens is 268 g/mol. The molecule has 2 nitrogen and oxygen atoms in total. The van der Waals surface area contributed by atoms with Gasteiger partial charge in [-0.15, -0.1) is 0 Å². The smallest absolute Gasteiger partial charge is 0.0406 e. The van der Waals surface area contributed by atoms with Gasteiger partial charge in [-0.1, -0.05) is 44.5 Å². The lowest BCUT2D eigenvalue weighted by Gasteiger charge is -2.35. The molecule has 1 aliphatic heterocycles. The molecule has 0 amide bonds. The summed E-state index contributed by atoms with van der Waals surface area (Å²) in [6, 6.07) is 9.40. The van der Waals surface area contributed by atoms with Crippen molar-refractivity contribution in [1.82, 2.24) is 10.2 Å². The Morgan fingerprint density at radius 3 is 2.50 bits per heavy atom. The largest absolute Gasteiger partial charge is 0.312 e. The van der Waals surface area contributed by atoms with Gasteiger partial charge >= 0.3 is 0 Å². The van der Waals surface area contributed by atoms with Crippen LogP contribution in [0.1, 0.15) is 39.7 Å². The van der Waals surface area contributed by atoms with Crippen LogP contribution in [0.5, 0.6) is 0 Å². The molecule has 2 unspecified atom stereocenters.